The van der Waals surface area contributed by atoms with Crippen molar-refractivity contribution in [1.29, 1.82) is 0 Å². The Morgan fingerprint density at radius 1 is 1.42 bits per heavy atom. The number of carbonyl (C=O) groups excluding carboxylic acids is 1. The van der Waals surface area contributed by atoms with Gasteiger partial charge in [0.2, 0.25) is 0 Å². The molecule has 1 saturated carbocycles. The molecule has 0 aromatic rings. The van der Waals surface area contributed by atoms with E-state index in [1.807, 2.05) is 6.92 Å². The van der Waals surface area contributed by atoms with E-state index >= 15 is 0 Å². The Morgan fingerprint density at radius 2 is 2.11 bits per heavy atom. The van der Waals surface area contributed by atoms with Gasteiger partial charge in [-0.25, -0.2) is 4.79 Å². The summed E-state index contributed by atoms with van der Waals surface area (Å²) in [7, 11) is 0. The molecule has 1 aliphatic carbocycles. The van der Waals surface area contributed by atoms with Gasteiger partial charge in [-0.1, -0.05) is 13.8 Å². The molecular weight excluding hydrogens is 248 g/mol. The number of carboxylic acids is 1. The fourth-order valence-electron chi connectivity index (χ4n) is 2.51. The number of aliphatic carboxylic acids is 1. The number of hydrogen-bond acceptors (Lipinski definition) is 3. The van der Waals surface area contributed by atoms with Gasteiger partial charge in [-0.3, -0.25) is 4.79 Å². The lowest BCUT2D eigenvalue weighted by Crippen LogP contribution is -2.51. The standard InChI is InChI=1S/C13H22N2O4/c1-3-4-15(13(18)14-10-5-8(10)2)11-7-19-6-9(11)12(16)17/h8-11H,3-7H2,1-2H3,(H,14,18)(H,16,17). The van der Waals surface area contributed by atoms with Crippen LogP contribution in [0.5, 0.6) is 0 Å². The average molecular weight is 270 g/mol. The molecule has 1 aliphatic heterocycles. The lowest BCUT2D eigenvalue weighted by atomic mass is 10.0. The highest BCUT2D eigenvalue weighted by Gasteiger charge is 2.41. The summed E-state index contributed by atoms with van der Waals surface area (Å²) in [6.07, 6.45) is 1.81. The number of rotatable bonds is 5. The molecule has 1 saturated heterocycles. The van der Waals surface area contributed by atoms with E-state index < -0.39 is 11.9 Å². The first-order valence-electron chi connectivity index (χ1n) is 6.92. The highest BCUT2D eigenvalue weighted by molar-refractivity contribution is 5.77. The van der Waals surface area contributed by atoms with Crippen molar-refractivity contribution in [2.24, 2.45) is 11.8 Å². The van der Waals surface area contributed by atoms with Crippen molar-refractivity contribution >= 4 is 12.0 Å². The number of ether oxygens (including phenoxy) is 1. The van der Waals surface area contributed by atoms with Gasteiger partial charge in [0.15, 0.2) is 0 Å². The van der Waals surface area contributed by atoms with Crippen molar-refractivity contribution in [3.8, 4) is 0 Å². The molecule has 4 atom stereocenters. The summed E-state index contributed by atoms with van der Waals surface area (Å²) >= 11 is 0. The fraction of sp³-hybridized carbons (Fsp3) is 0.846. The molecular formula is C13H22N2O4. The molecule has 108 valence electrons. The van der Waals surface area contributed by atoms with Crippen LogP contribution in [0.25, 0.3) is 0 Å². The number of urea groups is 1. The maximum atomic E-state index is 12.3. The quantitative estimate of drug-likeness (QED) is 0.778. The first-order chi connectivity index (χ1) is 9.04. The van der Waals surface area contributed by atoms with Gasteiger partial charge in [-0.05, 0) is 18.8 Å². The maximum absolute atomic E-state index is 12.3. The molecule has 0 spiro atoms. The van der Waals surface area contributed by atoms with E-state index in [0.717, 1.165) is 12.8 Å². The summed E-state index contributed by atoms with van der Waals surface area (Å²) in [6.45, 7) is 5.13. The van der Waals surface area contributed by atoms with Crippen LogP contribution in [0.2, 0.25) is 0 Å². The van der Waals surface area contributed by atoms with E-state index in [1.165, 1.54) is 0 Å². The summed E-state index contributed by atoms with van der Waals surface area (Å²) < 4.78 is 5.25. The SMILES string of the molecule is CCCN(C(=O)NC1CC1C)C1COCC1C(=O)O. The van der Waals surface area contributed by atoms with Gasteiger partial charge < -0.3 is 20.1 Å². The molecule has 2 rings (SSSR count). The second-order valence-electron chi connectivity index (χ2n) is 5.51. The lowest BCUT2D eigenvalue weighted by Gasteiger charge is -2.30. The molecule has 6 heteroatoms. The monoisotopic (exact) mass is 270 g/mol. The second kappa shape index (κ2) is 5.77. The van der Waals surface area contributed by atoms with Gasteiger partial charge in [0.25, 0.3) is 0 Å². The van der Waals surface area contributed by atoms with Crippen molar-refractivity contribution in [2.45, 2.75) is 38.8 Å². The van der Waals surface area contributed by atoms with Crippen LogP contribution in [0.3, 0.4) is 0 Å². The molecule has 4 unspecified atom stereocenters. The van der Waals surface area contributed by atoms with E-state index in [0.29, 0.717) is 19.1 Å². The number of carbonyl (C=O) groups is 2. The summed E-state index contributed by atoms with van der Waals surface area (Å²) in [5.74, 6) is -0.979. The van der Waals surface area contributed by atoms with Gasteiger partial charge in [-0.15, -0.1) is 0 Å². The number of nitrogens with zero attached hydrogens (tertiary/aromatic N) is 1. The van der Waals surface area contributed by atoms with E-state index in [2.05, 4.69) is 12.2 Å². The highest BCUT2D eigenvalue weighted by atomic mass is 16.5. The minimum absolute atomic E-state index is 0.155. The number of hydrogen-bond donors (Lipinski definition) is 2. The van der Waals surface area contributed by atoms with E-state index in [1.54, 1.807) is 4.90 Å². The predicted molar refractivity (Wildman–Crippen MR) is 68.8 cm³/mol. The van der Waals surface area contributed by atoms with Crippen molar-refractivity contribution < 1.29 is 19.4 Å². The Morgan fingerprint density at radius 3 is 2.63 bits per heavy atom. The Kier molecular flexibility index (Phi) is 4.29. The summed E-state index contributed by atoms with van der Waals surface area (Å²) in [6, 6.07) is -0.262. The minimum Gasteiger partial charge on any atom is -0.481 e. The largest absolute Gasteiger partial charge is 0.481 e. The van der Waals surface area contributed by atoms with Crippen molar-refractivity contribution in [2.75, 3.05) is 19.8 Å². The Balaban J connectivity index is 2.01. The zero-order valence-corrected chi connectivity index (χ0v) is 11.5. The van der Waals surface area contributed by atoms with E-state index in [9.17, 15) is 14.7 Å². The van der Waals surface area contributed by atoms with Crippen LogP contribution in [0.15, 0.2) is 0 Å². The molecule has 2 aliphatic rings. The normalized spacial score (nSPS) is 32.9. The van der Waals surface area contributed by atoms with Gasteiger partial charge in [0.1, 0.15) is 5.92 Å². The minimum atomic E-state index is -0.892. The summed E-state index contributed by atoms with van der Waals surface area (Å²) in [5, 5.41) is 12.1. The van der Waals surface area contributed by atoms with Crippen LogP contribution in [-0.4, -0.2) is 53.8 Å². The first-order valence-corrected chi connectivity index (χ1v) is 6.92. The van der Waals surface area contributed by atoms with Crippen molar-refractivity contribution in [3.05, 3.63) is 0 Å². The molecule has 0 aromatic carbocycles. The smallest absolute Gasteiger partial charge is 0.317 e. The molecule has 2 N–H and O–H groups in total. The highest BCUT2D eigenvalue weighted by Crippen LogP contribution is 2.29. The molecule has 2 amide bonds. The molecule has 6 nitrogen and oxygen atoms in total. The summed E-state index contributed by atoms with van der Waals surface area (Å²) in [5.41, 5.74) is 0. The van der Waals surface area contributed by atoms with Crippen molar-refractivity contribution in [1.82, 2.24) is 10.2 Å². The predicted octanol–water partition coefficient (Wildman–Crippen LogP) is 0.916. The number of amides is 2. The van der Waals surface area contributed by atoms with Crippen LogP contribution < -0.4 is 5.32 Å². The summed E-state index contributed by atoms with van der Waals surface area (Å²) in [4.78, 5) is 25.1. The average Bonchev–Trinajstić information content (AvgIpc) is 2.87. The zero-order chi connectivity index (χ0) is 14.0. The van der Waals surface area contributed by atoms with Crippen LogP contribution >= 0.6 is 0 Å². The third-order valence-electron chi connectivity index (χ3n) is 3.91. The topological polar surface area (TPSA) is 78.9 Å². The Bertz CT molecular complexity index is 361. The molecule has 19 heavy (non-hydrogen) atoms. The third kappa shape index (κ3) is 3.18. The van der Waals surface area contributed by atoms with Gasteiger partial charge in [0.05, 0.1) is 19.3 Å². The Labute approximate surface area is 113 Å². The molecule has 0 radical (unpaired) electrons. The van der Waals surface area contributed by atoms with Crippen LogP contribution in [0.1, 0.15) is 26.7 Å². The van der Waals surface area contributed by atoms with Gasteiger partial charge in [0, 0.05) is 12.6 Å². The molecule has 1 heterocycles. The lowest BCUT2D eigenvalue weighted by molar-refractivity contribution is -0.142. The second-order valence-corrected chi connectivity index (χ2v) is 5.51. The molecule has 2 fully saturated rings. The van der Waals surface area contributed by atoms with Gasteiger partial charge >= 0.3 is 12.0 Å². The zero-order valence-electron chi connectivity index (χ0n) is 11.5. The first kappa shape index (κ1) is 14.1. The van der Waals surface area contributed by atoms with Crippen LogP contribution in [-0.2, 0) is 9.53 Å². The van der Waals surface area contributed by atoms with Gasteiger partial charge in [-0.2, -0.15) is 0 Å². The van der Waals surface area contributed by atoms with Crippen molar-refractivity contribution in [3.63, 3.8) is 0 Å². The Hall–Kier alpha value is -1.30. The maximum Gasteiger partial charge on any atom is 0.317 e. The molecule has 0 bridgehead atoms. The van der Waals surface area contributed by atoms with E-state index in [4.69, 9.17) is 4.74 Å². The van der Waals surface area contributed by atoms with Crippen LogP contribution in [0.4, 0.5) is 4.79 Å². The number of nitrogens with one attached hydrogen (secondary N) is 1. The fourth-order valence-corrected chi connectivity index (χ4v) is 2.51. The third-order valence-corrected chi connectivity index (χ3v) is 3.91. The van der Waals surface area contributed by atoms with Crippen LogP contribution in [0, 0.1) is 11.8 Å². The molecule has 0 aromatic heterocycles. The number of carboxylic acid groups (broad SMARTS) is 1. The van der Waals surface area contributed by atoms with E-state index in [-0.39, 0.29) is 24.7 Å².